The summed E-state index contributed by atoms with van der Waals surface area (Å²) >= 11 is 0. The Balaban J connectivity index is 1.83. The molecular formula is C14H25N. The van der Waals surface area contributed by atoms with Gasteiger partial charge in [0.1, 0.15) is 0 Å². The second-order valence-electron chi connectivity index (χ2n) is 6.40. The van der Waals surface area contributed by atoms with E-state index in [4.69, 9.17) is 5.73 Å². The predicted molar refractivity (Wildman–Crippen MR) is 63.5 cm³/mol. The minimum absolute atomic E-state index is 0.561. The third-order valence-electron chi connectivity index (χ3n) is 5.96. The minimum atomic E-state index is 0.561. The number of nitrogens with two attached hydrogens (primary N) is 1. The summed E-state index contributed by atoms with van der Waals surface area (Å²) in [5, 5.41) is 0. The van der Waals surface area contributed by atoms with Crippen molar-refractivity contribution in [1.29, 1.82) is 0 Å². The van der Waals surface area contributed by atoms with Crippen LogP contribution >= 0.6 is 0 Å². The third kappa shape index (κ3) is 1.32. The SMILES string of the molecule is CCC1CCCC2(C1)[C@H]1CCC(C1)[C@H]2N. The van der Waals surface area contributed by atoms with Gasteiger partial charge in [-0.2, -0.15) is 0 Å². The van der Waals surface area contributed by atoms with Crippen molar-refractivity contribution in [1.82, 2.24) is 0 Å². The lowest BCUT2D eigenvalue weighted by molar-refractivity contribution is 0.0471. The summed E-state index contributed by atoms with van der Waals surface area (Å²) in [5.41, 5.74) is 7.15. The van der Waals surface area contributed by atoms with Gasteiger partial charge in [-0.3, -0.25) is 0 Å². The second-order valence-corrected chi connectivity index (χ2v) is 6.40. The van der Waals surface area contributed by atoms with Crippen molar-refractivity contribution in [2.45, 2.75) is 64.3 Å². The zero-order chi connectivity index (χ0) is 10.5. The molecule has 0 heterocycles. The molecule has 5 atom stereocenters. The van der Waals surface area contributed by atoms with Crippen LogP contribution in [-0.4, -0.2) is 6.04 Å². The second kappa shape index (κ2) is 3.48. The molecule has 3 aliphatic rings. The minimum Gasteiger partial charge on any atom is -0.327 e. The van der Waals surface area contributed by atoms with Crippen molar-refractivity contribution < 1.29 is 0 Å². The zero-order valence-electron chi connectivity index (χ0n) is 10.0. The summed E-state index contributed by atoms with van der Waals surface area (Å²) in [6.07, 6.45) is 11.6. The fourth-order valence-electron chi connectivity index (χ4n) is 5.09. The Morgan fingerprint density at radius 1 is 1.27 bits per heavy atom. The monoisotopic (exact) mass is 207 g/mol. The summed E-state index contributed by atoms with van der Waals surface area (Å²) in [7, 11) is 0. The van der Waals surface area contributed by atoms with E-state index in [-0.39, 0.29) is 0 Å². The third-order valence-corrected chi connectivity index (χ3v) is 5.96. The summed E-state index contributed by atoms with van der Waals surface area (Å²) in [6, 6.07) is 0.561. The van der Waals surface area contributed by atoms with Gasteiger partial charge in [0.05, 0.1) is 0 Å². The van der Waals surface area contributed by atoms with E-state index >= 15 is 0 Å². The van der Waals surface area contributed by atoms with Gasteiger partial charge >= 0.3 is 0 Å². The van der Waals surface area contributed by atoms with Crippen LogP contribution in [0.4, 0.5) is 0 Å². The van der Waals surface area contributed by atoms with Crippen molar-refractivity contribution >= 4 is 0 Å². The topological polar surface area (TPSA) is 26.0 Å². The smallest absolute Gasteiger partial charge is 0.0127 e. The van der Waals surface area contributed by atoms with Crippen molar-refractivity contribution in [3.05, 3.63) is 0 Å². The number of rotatable bonds is 1. The van der Waals surface area contributed by atoms with E-state index in [0.29, 0.717) is 11.5 Å². The van der Waals surface area contributed by atoms with Crippen LogP contribution in [0.5, 0.6) is 0 Å². The fraction of sp³-hybridized carbons (Fsp3) is 1.00. The Morgan fingerprint density at radius 3 is 2.80 bits per heavy atom. The quantitative estimate of drug-likeness (QED) is 0.701. The molecular weight excluding hydrogens is 182 g/mol. The number of fused-ring (bicyclic) bond motifs is 3. The lowest BCUT2D eigenvalue weighted by Crippen LogP contribution is -2.48. The molecule has 3 aliphatic carbocycles. The Kier molecular flexibility index (Phi) is 2.35. The summed E-state index contributed by atoms with van der Waals surface area (Å²) in [4.78, 5) is 0. The van der Waals surface area contributed by atoms with Gasteiger partial charge in [-0.15, -0.1) is 0 Å². The molecule has 3 saturated carbocycles. The lowest BCUT2D eigenvalue weighted by Gasteiger charge is -2.47. The molecule has 15 heavy (non-hydrogen) atoms. The van der Waals surface area contributed by atoms with E-state index in [1.807, 2.05) is 0 Å². The number of hydrogen-bond donors (Lipinski definition) is 1. The first kappa shape index (κ1) is 10.1. The first-order valence-electron chi connectivity index (χ1n) is 7.02. The molecule has 2 bridgehead atoms. The van der Waals surface area contributed by atoms with E-state index < -0.39 is 0 Å². The molecule has 3 rings (SSSR count). The normalized spacial score (nSPS) is 54.0. The maximum Gasteiger partial charge on any atom is 0.0127 e. The molecule has 1 spiro atoms. The summed E-state index contributed by atoms with van der Waals surface area (Å²) in [5.74, 6) is 2.89. The van der Waals surface area contributed by atoms with E-state index in [9.17, 15) is 0 Å². The lowest BCUT2D eigenvalue weighted by atomic mass is 9.59. The van der Waals surface area contributed by atoms with Crippen LogP contribution in [-0.2, 0) is 0 Å². The number of hydrogen-bond acceptors (Lipinski definition) is 1. The van der Waals surface area contributed by atoms with Gasteiger partial charge in [-0.25, -0.2) is 0 Å². The van der Waals surface area contributed by atoms with Crippen molar-refractivity contribution in [3.8, 4) is 0 Å². The van der Waals surface area contributed by atoms with E-state index in [1.54, 1.807) is 0 Å². The molecule has 2 N–H and O–H groups in total. The molecule has 1 heteroatoms. The Hall–Kier alpha value is -0.0400. The van der Waals surface area contributed by atoms with Gasteiger partial charge in [0.25, 0.3) is 0 Å². The van der Waals surface area contributed by atoms with Gasteiger partial charge < -0.3 is 5.73 Å². The van der Waals surface area contributed by atoms with Crippen LogP contribution in [0.25, 0.3) is 0 Å². The van der Waals surface area contributed by atoms with E-state index in [2.05, 4.69) is 6.92 Å². The molecule has 3 unspecified atom stereocenters. The Morgan fingerprint density at radius 2 is 2.13 bits per heavy atom. The zero-order valence-corrected chi connectivity index (χ0v) is 10.0. The van der Waals surface area contributed by atoms with Crippen LogP contribution < -0.4 is 5.73 Å². The molecule has 3 fully saturated rings. The fourth-order valence-corrected chi connectivity index (χ4v) is 5.09. The first-order chi connectivity index (χ1) is 7.26. The predicted octanol–water partition coefficient (Wildman–Crippen LogP) is 3.33. The van der Waals surface area contributed by atoms with Gasteiger partial charge in [0, 0.05) is 6.04 Å². The van der Waals surface area contributed by atoms with Crippen LogP contribution in [0.15, 0.2) is 0 Å². The van der Waals surface area contributed by atoms with Gasteiger partial charge in [0.15, 0.2) is 0 Å². The molecule has 0 aliphatic heterocycles. The largest absolute Gasteiger partial charge is 0.327 e. The summed E-state index contributed by atoms with van der Waals surface area (Å²) in [6.45, 7) is 2.36. The average molecular weight is 207 g/mol. The molecule has 0 saturated heterocycles. The highest BCUT2D eigenvalue weighted by molar-refractivity contribution is 5.09. The molecule has 0 radical (unpaired) electrons. The molecule has 86 valence electrons. The van der Waals surface area contributed by atoms with Crippen LogP contribution in [0.1, 0.15) is 58.3 Å². The standard InChI is InChI=1S/C14H25N/c1-2-10-4-3-7-14(9-10)12-6-5-11(8-12)13(14)15/h10-13H,2-9,15H2,1H3/t10?,11?,12-,13+,14?/m0/s1. The molecule has 0 aromatic carbocycles. The van der Waals surface area contributed by atoms with Crippen LogP contribution in [0.3, 0.4) is 0 Å². The molecule has 1 nitrogen and oxygen atoms in total. The highest BCUT2D eigenvalue weighted by atomic mass is 14.8. The van der Waals surface area contributed by atoms with Crippen molar-refractivity contribution in [2.75, 3.05) is 0 Å². The van der Waals surface area contributed by atoms with Crippen molar-refractivity contribution in [3.63, 3.8) is 0 Å². The average Bonchev–Trinajstić information content (AvgIpc) is 2.84. The van der Waals surface area contributed by atoms with Gasteiger partial charge in [-0.1, -0.05) is 26.2 Å². The maximum absolute atomic E-state index is 6.55. The molecule has 0 amide bonds. The summed E-state index contributed by atoms with van der Waals surface area (Å²) < 4.78 is 0. The first-order valence-corrected chi connectivity index (χ1v) is 7.02. The highest BCUT2D eigenvalue weighted by Crippen LogP contribution is 2.61. The van der Waals surface area contributed by atoms with E-state index in [1.165, 1.54) is 51.4 Å². The maximum atomic E-state index is 6.55. The Bertz CT molecular complexity index is 246. The highest BCUT2D eigenvalue weighted by Gasteiger charge is 2.57. The van der Waals surface area contributed by atoms with Crippen LogP contribution in [0.2, 0.25) is 0 Å². The van der Waals surface area contributed by atoms with Gasteiger partial charge in [-0.05, 0) is 55.3 Å². The molecule has 0 aromatic heterocycles. The Labute approximate surface area is 93.8 Å². The van der Waals surface area contributed by atoms with Gasteiger partial charge in [0.2, 0.25) is 0 Å². The van der Waals surface area contributed by atoms with E-state index in [0.717, 1.165) is 17.8 Å². The van der Waals surface area contributed by atoms with Crippen molar-refractivity contribution in [2.24, 2.45) is 28.9 Å². The molecule has 0 aromatic rings. The van der Waals surface area contributed by atoms with Crippen LogP contribution in [0, 0.1) is 23.2 Å².